The third-order valence-electron chi connectivity index (χ3n) is 4.26. The molecule has 1 aromatic carbocycles. The Kier molecular flexibility index (Phi) is 6.37. The summed E-state index contributed by atoms with van der Waals surface area (Å²) in [4.78, 5) is 7.07. The average molecular weight is 372 g/mol. The molecule has 132 valence electrons. The van der Waals surface area contributed by atoms with Crippen LogP contribution in [-0.2, 0) is 19.6 Å². The average Bonchev–Trinajstić information content (AvgIpc) is 3.26. The molecule has 0 fully saturated rings. The lowest BCUT2D eigenvalue weighted by Gasteiger charge is -2.21. The molecule has 0 aliphatic rings. The van der Waals surface area contributed by atoms with Crippen LogP contribution in [-0.4, -0.2) is 23.0 Å². The molecule has 0 saturated heterocycles. The second kappa shape index (κ2) is 8.72. The molecule has 0 unspecified atom stereocenters. The molecule has 3 rings (SSSR count). The van der Waals surface area contributed by atoms with Gasteiger partial charge >= 0.3 is 0 Å². The molecule has 2 heterocycles. The van der Waals surface area contributed by atoms with Crippen LogP contribution in [0, 0.1) is 0 Å². The van der Waals surface area contributed by atoms with Gasteiger partial charge in [0, 0.05) is 42.0 Å². The van der Waals surface area contributed by atoms with Crippen LogP contribution in [0.25, 0.3) is 10.6 Å². The minimum absolute atomic E-state index is 0.559. The van der Waals surface area contributed by atoms with Crippen molar-refractivity contribution in [1.82, 2.24) is 15.2 Å². The van der Waals surface area contributed by atoms with E-state index in [2.05, 4.69) is 77.6 Å². The fourth-order valence-electron chi connectivity index (χ4n) is 2.55. The Morgan fingerprint density at radius 1 is 1.12 bits per heavy atom. The molecular weight excluding hydrogens is 346 g/mol. The van der Waals surface area contributed by atoms with Crippen LogP contribution in [0.5, 0.6) is 0 Å². The number of rotatable bonds is 8. The summed E-state index contributed by atoms with van der Waals surface area (Å²) in [7, 11) is 2.17. The van der Waals surface area contributed by atoms with Gasteiger partial charge < -0.3 is 5.32 Å². The van der Waals surface area contributed by atoms with E-state index in [1.54, 1.807) is 22.7 Å². The Balaban J connectivity index is 1.52. The Hall–Kier alpha value is -1.53. The topological polar surface area (TPSA) is 28.2 Å². The van der Waals surface area contributed by atoms with Crippen LogP contribution >= 0.6 is 22.7 Å². The maximum atomic E-state index is 4.72. The first kappa shape index (κ1) is 18.3. The van der Waals surface area contributed by atoms with Gasteiger partial charge in [0.15, 0.2) is 0 Å². The molecule has 1 N–H and O–H groups in total. The van der Waals surface area contributed by atoms with Gasteiger partial charge in [-0.2, -0.15) is 11.3 Å². The number of nitrogens with one attached hydrogen (secondary N) is 1. The first-order chi connectivity index (χ1) is 12.1. The molecule has 3 nitrogen and oxygen atoms in total. The number of thiazole rings is 1. The van der Waals surface area contributed by atoms with Gasteiger partial charge in [-0.25, -0.2) is 4.98 Å². The lowest BCUT2D eigenvalue weighted by Crippen LogP contribution is -2.25. The first-order valence-corrected chi connectivity index (χ1v) is 10.4. The summed E-state index contributed by atoms with van der Waals surface area (Å²) in [6.45, 7) is 7.11. The van der Waals surface area contributed by atoms with Gasteiger partial charge in [-0.3, -0.25) is 4.90 Å². The monoisotopic (exact) mass is 371 g/mol. The predicted molar refractivity (Wildman–Crippen MR) is 109 cm³/mol. The van der Waals surface area contributed by atoms with Gasteiger partial charge in [0.25, 0.3) is 0 Å². The third kappa shape index (κ3) is 5.22. The second-order valence-corrected chi connectivity index (χ2v) is 8.23. The van der Waals surface area contributed by atoms with Crippen molar-refractivity contribution < 1.29 is 0 Å². The third-order valence-corrected chi connectivity index (χ3v) is 5.88. The van der Waals surface area contributed by atoms with E-state index in [1.807, 2.05) is 0 Å². The number of hydrogen-bond acceptors (Lipinski definition) is 5. The number of thiophene rings is 1. The zero-order valence-corrected chi connectivity index (χ0v) is 16.7. The van der Waals surface area contributed by atoms with Crippen molar-refractivity contribution in [3.63, 3.8) is 0 Å². The molecule has 3 aromatic rings. The SMILES string of the molecule is CC(C)N(C)Cc1cccc(CNCc2csc(-c3ccsc3)n2)c1. The van der Waals surface area contributed by atoms with Crippen molar-refractivity contribution in [2.24, 2.45) is 0 Å². The molecule has 0 aliphatic carbocycles. The number of nitrogens with zero attached hydrogens (tertiary/aromatic N) is 2. The summed E-state index contributed by atoms with van der Waals surface area (Å²) in [5.41, 5.74) is 5.02. The van der Waals surface area contributed by atoms with Crippen LogP contribution in [0.15, 0.2) is 46.5 Å². The molecule has 5 heteroatoms. The summed E-state index contributed by atoms with van der Waals surface area (Å²) in [6, 6.07) is 11.5. The standard InChI is InChI=1S/C20H25N3S2/c1-15(2)23(3)12-17-6-4-5-16(9-17)10-21-11-19-14-25-20(22-19)18-7-8-24-13-18/h4-9,13-15,21H,10-12H2,1-3H3. The van der Waals surface area contributed by atoms with Crippen molar-refractivity contribution in [1.29, 1.82) is 0 Å². The quantitative estimate of drug-likeness (QED) is 0.604. The zero-order chi connectivity index (χ0) is 17.6. The Morgan fingerprint density at radius 3 is 2.72 bits per heavy atom. The van der Waals surface area contributed by atoms with E-state index in [0.29, 0.717) is 6.04 Å². The van der Waals surface area contributed by atoms with Crippen LogP contribution < -0.4 is 5.32 Å². The molecule has 0 amide bonds. The van der Waals surface area contributed by atoms with Gasteiger partial charge in [-0.15, -0.1) is 11.3 Å². The van der Waals surface area contributed by atoms with Crippen LogP contribution in [0.4, 0.5) is 0 Å². The lowest BCUT2D eigenvalue weighted by molar-refractivity contribution is 0.266. The molecule has 25 heavy (non-hydrogen) atoms. The first-order valence-electron chi connectivity index (χ1n) is 8.57. The smallest absolute Gasteiger partial charge is 0.124 e. The van der Waals surface area contributed by atoms with Crippen LogP contribution in [0.2, 0.25) is 0 Å². The summed E-state index contributed by atoms with van der Waals surface area (Å²) in [6.07, 6.45) is 0. The van der Waals surface area contributed by atoms with E-state index < -0.39 is 0 Å². The molecule has 0 spiro atoms. The predicted octanol–water partition coefficient (Wildman–Crippen LogP) is 5.00. The van der Waals surface area contributed by atoms with Crippen LogP contribution in [0.1, 0.15) is 30.7 Å². The Bertz CT molecular complexity index is 778. The maximum Gasteiger partial charge on any atom is 0.124 e. The molecular formula is C20H25N3S2. The highest BCUT2D eigenvalue weighted by atomic mass is 32.1. The van der Waals surface area contributed by atoms with E-state index in [0.717, 1.165) is 30.3 Å². The molecule has 0 radical (unpaired) electrons. The second-order valence-electron chi connectivity index (χ2n) is 6.59. The van der Waals surface area contributed by atoms with Gasteiger partial charge in [0.05, 0.1) is 5.69 Å². The summed E-state index contributed by atoms with van der Waals surface area (Å²) >= 11 is 3.43. The molecule has 0 saturated carbocycles. The van der Waals surface area contributed by atoms with Gasteiger partial charge in [0.2, 0.25) is 0 Å². The minimum Gasteiger partial charge on any atom is -0.307 e. The van der Waals surface area contributed by atoms with Gasteiger partial charge in [0.1, 0.15) is 5.01 Å². The van der Waals surface area contributed by atoms with E-state index in [1.165, 1.54) is 16.7 Å². The minimum atomic E-state index is 0.559. The van der Waals surface area contributed by atoms with Crippen molar-refractivity contribution in [2.75, 3.05) is 7.05 Å². The van der Waals surface area contributed by atoms with E-state index in [9.17, 15) is 0 Å². The Morgan fingerprint density at radius 2 is 1.96 bits per heavy atom. The molecule has 2 aromatic heterocycles. The van der Waals surface area contributed by atoms with E-state index >= 15 is 0 Å². The maximum absolute atomic E-state index is 4.72. The van der Waals surface area contributed by atoms with E-state index in [-0.39, 0.29) is 0 Å². The number of hydrogen-bond donors (Lipinski definition) is 1. The summed E-state index contributed by atoms with van der Waals surface area (Å²) in [5, 5.41) is 11.0. The van der Waals surface area contributed by atoms with Crippen molar-refractivity contribution in [2.45, 2.75) is 39.5 Å². The lowest BCUT2D eigenvalue weighted by atomic mass is 10.1. The fraction of sp³-hybridized carbons (Fsp3) is 0.350. The van der Waals surface area contributed by atoms with Gasteiger partial charge in [-0.1, -0.05) is 24.3 Å². The zero-order valence-electron chi connectivity index (χ0n) is 15.0. The van der Waals surface area contributed by atoms with Gasteiger partial charge in [-0.05, 0) is 43.5 Å². The van der Waals surface area contributed by atoms with Crippen LogP contribution in [0.3, 0.4) is 0 Å². The normalized spacial score (nSPS) is 11.6. The van der Waals surface area contributed by atoms with E-state index in [4.69, 9.17) is 4.98 Å². The van der Waals surface area contributed by atoms with Crippen molar-refractivity contribution in [3.8, 4) is 10.6 Å². The molecule has 0 bridgehead atoms. The highest BCUT2D eigenvalue weighted by molar-refractivity contribution is 7.14. The number of aromatic nitrogens is 1. The Labute approximate surface area is 158 Å². The fourth-order valence-corrected chi connectivity index (χ4v) is 4.08. The van der Waals surface area contributed by atoms with Crippen molar-refractivity contribution in [3.05, 3.63) is 63.3 Å². The highest BCUT2D eigenvalue weighted by Gasteiger charge is 2.06. The largest absolute Gasteiger partial charge is 0.307 e. The molecule has 0 aliphatic heterocycles. The summed E-state index contributed by atoms with van der Waals surface area (Å²) in [5.74, 6) is 0. The van der Waals surface area contributed by atoms with Crippen molar-refractivity contribution >= 4 is 22.7 Å². The highest BCUT2D eigenvalue weighted by Crippen LogP contribution is 2.25. The summed E-state index contributed by atoms with van der Waals surface area (Å²) < 4.78 is 0. The molecule has 0 atom stereocenters. The number of benzene rings is 1.